The molecule has 2 bridgehead atoms. The molecule has 0 aromatic rings. The highest BCUT2D eigenvalue weighted by molar-refractivity contribution is 4.96. The molecule has 0 spiro atoms. The molecule has 2 N–H and O–H groups in total. The van der Waals surface area contributed by atoms with Crippen LogP contribution in [0.25, 0.3) is 0 Å². The Hall–Kier alpha value is -0.120. The van der Waals surface area contributed by atoms with Crippen molar-refractivity contribution in [2.45, 2.75) is 63.3 Å². The molecule has 3 nitrogen and oxygen atoms in total. The van der Waals surface area contributed by atoms with Gasteiger partial charge in [-0.15, -0.1) is 0 Å². The minimum atomic E-state index is -0.581. The van der Waals surface area contributed by atoms with Crippen LogP contribution in [0.1, 0.15) is 39.5 Å². The van der Waals surface area contributed by atoms with Crippen molar-refractivity contribution in [3.8, 4) is 0 Å². The zero-order valence-corrected chi connectivity index (χ0v) is 10.2. The highest BCUT2D eigenvalue weighted by Gasteiger charge is 2.38. The molecule has 0 aromatic carbocycles. The molecule has 88 valence electrons. The normalized spacial score (nSPS) is 37.2. The average molecular weight is 212 g/mol. The molecule has 2 unspecified atom stereocenters. The smallest absolute Gasteiger partial charge is 0.0715 e. The Balaban J connectivity index is 1.82. The molecule has 0 saturated carbocycles. The molecule has 0 aromatic heterocycles. The van der Waals surface area contributed by atoms with Gasteiger partial charge in [-0.25, -0.2) is 0 Å². The van der Waals surface area contributed by atoms with E-state index in [4.69, 9.17) is 0 Å². The summed E-state index contributed by atoms with van der Waals surface area (Å²) in [5.74, 6) is 0. The van der Waals surface area contributed by atoms with Crippen molar-refractivity contribution >= 4 is 0 Å². The minimum Gasteiger partial charge on any atom is -0.389 e. The first kappa shape index (κ1) is 11.4. The maximum Gasteiger partial charge on any atom is 0.0715 e. The van der Waals surface area contributed by atoms with Crippen LogP contribution in [0.2, 0.25) is 0 Å². The number of hydrogen-bond acceptors (Lipinski definition) is 3. The second kappa shape index (κ2) is 4.04. The molecule has 2 fully saturated rings. The minimum absolute atomic E-state index is 0.581. The quantitative estimate of drug-likeness (QED) is 0.732. The van der Waals surface area contributed by atoms with Crippen LogP contribution in [0.5, 0.6) is 0 Å². The Morgan fingerprint density at radius 3 is 2.27 bits per heavy atom. The van der Waals surface area contributed by atoms with E-state index in [1.807, 2.05) is 13.8 Å². The van der Waals surface area contributed by atoms with Crippen molar-refractivity contribution < 1.29 is 5.11 Å². The standard InChI is InChI=1S/C12H24N2O/c1-12(2,15)8-13-9-6-10-4-5-11(7-9)14(10)3/h9-11,13,15H,4-8H2,1-3H3. The lowest BCUT2D eigenvalue weighted by molar-refractivity contribution is 0.0673. The van der Waals surface area contributed by atoms with E-state index >= 15 is 0 Å². The van der Waals surface area contributed by atoms with Crippen molar-refractivity contribution in [1.29, 1.82) is 0 Å². The molecular weight excluding hydrogens is 188 g/mol. The van der Waals surface area contributed by atoms with E-state index in [9.17, 15) is 5.11 Å². The summed E-state index contributed by atoms with van der Waals surface area (Å²) in [5.41, 5.74) is -0.581. The Bertz CT molecular complexity index is 210. The summed E-state index contributed by atoms with van der Waals surface area (Å²) in [6.07, 6.45) is 5.23. The Kier molecular flexibility index (Phi) is 3.06. The summed E-state index contributed by atoms with van der Waals surface area (Å²) in [7, 11) is 2.26. The molecule has 3 heteroatoms. The largest absolute Gasteiger partial charge is 0.389 e. The van der Waals surface area contributed by atoms with Crippen molar-refractivity contribution in [3.63, 3.8) is 0 Å². The van der Waals surface area contributed by atoms with Crippen LogP contribution in [0.4, 0.5) is 0 Å². The first-order valence-corrected chi connectivity index (χ1v) is 6.13. The summed E-state index contributed by atoms with van der Waals surface area (Å²) >= 11 is 0. The molecular formula is C12H24N2O. The Morgan fingerprint density at radius 2 is 1.80 bits per heavy atom. The van der Waals surface area contributed by atoms with Crippen LogP contribution < -0.4 is 5.32 Å². The van der Waals surface area contributed by atoms with Gasteiger partial charge in [-0.2, -0.15) is 0 Å². The van der Waals surface area contributed by atoms with Crippen molar-refractivity contribution in [2.24, 2.45) is 0 Å². The SMILES string of the molecule is CN1C2CCC1CC(NCC(C)(C)O)C2. The van der Waals surface area contributed by atoms with Crippen LogP contribution in [0, 0.1) is 0 Å². The van der Waals surface area contributed by atoms with Crippen LogP contribution in [0.3, 0.4) is 0 Å². The second-order valence-electron chi connectivity index (χ2n) is 5.91. The first-order chi connectivity index (χ1) is 6.96. The molecule has 2 rings (SSSR count). The summed E-state index contributed by atoms with van der Waals surface area (Å²) in [6, 6.07) is 2.18. The lowest BCUT2D eigenvalue weighted by atomic mass is 9.97. The summed E-state index contributed by atoms with van der Waals surface area (Å²) in [5, 5.41) is 13.2. The number of fused-ring (bicyclic) bond motifs is 2. The van der Waals surface area contributed by atoms with E-state index < -0.39 is 5.60 Å². The predicted molar refractivity (Wildman–Crippen MR) is 61.9 cm³/mol. The van der Waals surface area contributed by atoms with Crippen molar-refractivity contribution in [1.82, 2.24) is 10.2 Å². The van der Waals surface area contributed by atoms with Crippen molar-refractivity contribution in [3.05, 3.63) is 0 Å². The third-order valence-corrected chi connectivity index (χ3v) is 3.92. The van der Waals surface area contributed by atoms with Gasteiger partial charge in [0.25, 0.3) is 0 Å². The van der Waals surface area contributed by atoms with Gasteiger partial charge in [-0.1, -0.05) is 0 Å². The molecule has 2 aliphatic rings. The highest BCUT2D eigenvalue weighted by Crippen LogP contribution is 2.34. The van der Waals surface area contributed by atoms with Crippen LogP contribution in [-0.4, -0.2) is 47.3 Å². The summed E-state index contributed by atoms with van der Waals surface area (Å²) in [4.78, 5) is 2.54. The molecule has 2 atom stereocenters. The molecule has 2 saturated heterocycles. The molecule has 0 radical (unpaired) electrons. The van der Waals surface area contributed by atoms with Crippen LogP contribution >= 0.6 is 0 Å². The fourth-order valence-corrected chi connectivity index (χ4v) is 2.97. The predicted octanol–water partition coefficient (Wildman–Crippen LogP) is 0.972. The number of rotatable bonds is 3. The number of nitrogens with zero attached hydrogens (tertiary/aromatic N) is 1. The Morgan fingerprint density at radius 1 is 1.27 bits per heavy atom. The van der Waals surface area contributed by atoms with Crippen LogP contribution in [0.15, 0.2) is 0 Å². The summed E-state index contributed by atoms with van der Waals surface area (Å²) < 4.78 is 0. The van der Waals surface area contributed by atoms with E-state index in [1.54, 1.807) is 0 Å². The third-order valence-electron chi connectivity index (χ3n) is 3.92. The number of nitrogens with one attached hydrogen (secondary N) is 1. The van der Waals surface area contributed by atoms with Gasteiger partial charge in [0, 0.05) is 24.7 Å². The van der Waals surface area contributed by atoms with Gasteiger partial charge in [-0.05, 0) is 46.6 Å². The maximum absolute atomic E-state index is 9.67. The fourth-order valence-electron chi connectivity index (χ4n) is 2.97. The molecule has 0 amide bonds. The number of piperidine rings is 1. The second-order valence-corrected chi connectivity index (χ2v) is 5.91. The van der Waals surface area contributed by atoms with Gasteiger partial charge in [-0.3, -0.25) is 0 Å². The van der Waals surface area contributed by atoms with Gasteiger partial charge in [0.05, 0.1) is 5.60 Å². The monoisotopic (exact) mass is 212 g/mol. The zero-order chi connectivity index (χ0) is 11.1. The highest BCUT2D eigenvalue weighted by atomic mass is 16.3. The lowest BCUT2D eigenvalue weighted by Gasteiger charge is -2.37. The molecule has 2 aliphatic heterocycles. The molecule has 15 heavy (non-hydrogen) atoms. The van der Waals surface area contributed by atoms with Gasteiger partial charge in [0.1, 0.15) is 0 Å². The average Bonchev–Trinajstić information content (AvgIpc) is 2.39. The van der Waals surface area contributed by atoms with E-state index in [0.717, 1.165) is 12.1 Å². The van der Waals surface area contributed by atoms with Gasteiger partial charge < -0.3 is 15.3 Å². The van der Waals surface area contributed by atoms with E-state index in [2.05, 4.69) is 17.3 Å². The van der Waals surface area contributed by atoms with Crippen LogP contribution in [-0.2, 0) is 0 Å². The van der Waals surface area contributed by atoms with Gasteiger partial charge >= 0.3 is 0 Å². The Labute approximate surface area is 92.8 Å². The lowest BCUT2D eigenvalue weighted by Crippen LogP contribution is -2.50. The third kappa shape index (κ3) is 2.71. The fraction of sp³-hybridized carbons (Fsp3) is 1.00. The number of hydrogen-bond donors (Lipinski definition) is 2. The van der Waals surface area contributed by atoms with Crippen molar-refractivity contribution in [2.75, 3.05) is 13.6 Å². The van der Waals surface area contributed by atoms with E-state index in [-0.39, 0.29) is 0 Å². The maximum atomic E-state index is 9.67. The topological polar surface area (TPSA) is 35.5 Å². The molecule has 0 aliphatic carbocycles. The summed E-state index contributed by atoms with van der Waals surface area (Å²) in [6.45, 7) is 4.44. The van der Waals surface area contributed by atoms with Gasteiger partial charge in [0.15, 0.2) is 0 Å². The van der Waals surface area contributed by atoms with Gasteiger partial charge in [0.2, 0.25) is 0 Å². The van der Waals surface area contributed by atoms with E-state index in [1.165, 1.54) is 25.7 Å². The number of aliphatic hydroxyl groups is 1. The molecule has 2 heterocycles. The first-order valence-electron chi connectivity index (χ1n) is 6.13. The van der Waals surface area contributed by atoms with E-state index in [0.29, 0.717) is 12.6 Å². The zero-order valence-electron chi connectivity index (χ0n) is 10.2.